The molecule has 1 aromatic carbocycles. The van der Waals surface area contributed by atoms with Gasteiger partial charge in [-0.1, -0.05) is 0 Å². The second-order valence-electron chi connectivity index (χ2n) is 8.48. The molecule has 0 saturated carbocycles. The molecule has 1 unspecified atom stereocenters. The molecule has 1 amide bonds. The van der Waals surface area contributed by atoms with E-state index in [1.165, 1.54) is 37.9 Å². The Labute approximate surface area is 151 Å². The Balaban J connectivity index is 1.43. The van der Waals surface area contributed by atoms with Crippen LogP contribution >= 0.6 is 0 Å². The largest absolute Gasteiger partial charge is 0.487 e. The molecule has 4 rings (SSSR count). The van der Waals surface area contributed by atoms with Crippen LogP contribution in [-0.2, 0) is 6.42 Å². The molecule has 0 aromatic heterocycles. The zero-order chi connectivity index (χ0) is 17.4. The molecular weight excluding hydrogens is 312 g/mol. The number of hydrogen-bond acceptors (Lipinski definition) is 3. The van der Waals surface area contributed by atoms with Crippen molar-refractivity contribution in [3.8, 4) is 5.75 Å². The highest BCUT2D eigenvalue weighted by Gasteiger charge is 2.31. The molecule has 3 aliphatic heterocycles. The van der Waals surface area contributed by atoms with Gasteiger partial charge in [0, 0.05) is 31.1 Å². The smallest absolute Gasteiger partial charge is 0.253 e. The fourth-order valence-corrected chi connectivity index (χ4v) is 4.68. The van der Waals surface area contributed by atoms with E-state index in [0.29, 0.717) is 6.04 Å². The first-order chi connectivity index (χ1) is 12.0. The fourth-order valence-electron chi connectivity index (χ4n) is 4.68. The van der Waals surface area contributed by atoms with Crippen molar-refractivity contribution in [3.63, 3.8) is 0 Å². The average Bonchev–Trinajstić information content (AvgIpc) is 3.13. The molecule has 0 bridgehead atoms. The SMILES string of the molecule is CC1(C)Cc2cc(C(=O)N3CCCC(N4CCCC4)CC3)ccc2O1. The van der Waals surface area contributed by atoms with Gasteiger partial charge < -0.3 is 14.5 Å². The van der Waals surface area contributed by atoms with Crippen molar-refractivity contribution in [1.29, 1.82) is 0 Å². The van der Waals surface area contributed by atoms with Gasteiger partial charge in [-0.2, -0.15) is 0 Å². The predicted molar refractivity (Wildman–Crippen MR) is 99.2 cm³/mol. The van der Waals surface area contributed by atoms with Crippen LogP contribution < -0.4 is 4.74 Å². The summed E-state index contributed by atoms with van der Waals surface area (Å²) in [5.41, 5.74) is 1.83. The molecular formula is C21H30N2O2. The molecule has 4 heteroatoms. The van der Waals surface area contributed by atoms with Crippen molar-refractivity contribution in [2.45, 2.75) is 64.0 Å². The first kappa shape index (κ1) is 16.9. The molecule has 25 heavy (non-hydrogen) atoms. The Morgan fingerprint density at radius 2 is 1.88 bits per heavy atom. The zero-order valence-electron chi connectivity index (χ0n) is 15.6. The van der Waals surface area contributed by atoms with Crippen molar-refractivity contribution >= 4 is 5.91 Å². The van der Waals surface area contributed by atoms with E-state index < -0.39 is 0 Å². The van der Waals surface area contributed by atoms with Crippen LogP contribution in [0.2, 0.25) is 0 Å². The van der Waals surface area contributed by atoms with Crippen LogP contribution in [-0.4, -0.2) is 53.5 Å². The Hall–Kier alpha value is -1.55. The van der Waals surface area contributed by atoms with Gasteiger partial charge in [-0.05, 0) is 82.8 Å². The molecule has 0 radical (unpaired) electrons. The summed E-state index contributed by atoms with van der Waals surface area (Å²) in [6, 6.07) is 6.64. The normalized spacial score (nSPS) is 26.2. The Morgan fingerprint density at radius 1 is 1.08 bits per heavy atom. The Bertz CT molecular complexity index is 649. The highest BCUT2D eigenvalue weighted by molar-refractivity contribution is 5.94. The van der Waals surface area contributed by atoms with Crippen LogP contribution in [0.25, 0.3) is 0 Å². The lowest BCUT2D eigenvalue weighted by atomic mass is 10.00. The van der Waals surface area contributed by atoms with Gasteiger partial charge in [-0.15, -0.1) is 0 Å². The second kappa shape index (κ2) is 6.64. The zero-order valence-corrected chi connectivity index (χ0v) is 15.6. The van der Waals surface area contributed by atoms with E-state index in [9.17, 15) is 4.79 Å². The van der Waals surface area contributed by atoms with Crippen LogP contribution in [0.15, 0.2) is 18.2 Å². The molecule has 2 saturated heterocycles. The van der Waals surface area contributed by atoms with Crippen molar-refractivity contribution in [1.82, 2.24) is 9.80 Å². The maximum atomic E-state index is 13.0. The van der Waals surface area contributed by atoms with Gasteiger partial charge in [0.2, 0.25) is 0 Å². The molecule has 3 heterocycles. The summed E-state index contributed by atoms with van der Waals surface area (Å²) in [4.78, 5) is 17.7. The summed E-state index contributed by atoms with van der Waals surface area (Å²) in [7, 11) is 0. The third kappa shape index (κ3) is 3.55. The molecule has 0 spiro atoms. The molecule has 1 atom stereocenters. The monoisotopic (exact) mass is 342 g/mol. The lowest BCUT2D eigenvalue weighted by Crippen LogP contribution is -2.35. The van der Waals surface area contributed by atoms with E-state index in [0.717, 1.165) is 43.7 Å². The molecule has 1 aromatic rings. The lowest BCUT2D eigenvalue weighted by molar-refractivity contribution is 0.0757. The van der Waals surface area contributed by atoms with Gasteiger partial charge in [0.05, 0.1) is 0 Å². The number of nitrogens with zero attached hydrogens (tertiary/aromatic N) is 2. The van der Waals surface area contributed by atoms with E-state index in [4.69, 9.17) is 4.74 Å². The third-order valence-electron chi connectivity index (χ3n) is 5.95. The maximum Gasteiger partial charge on any atom is 0.253 e. The number of fused-ring (bicyclic) bond motifs is 1. The summed E-state index contributed by atoms with van der Waals surface area (Å²) in [5, 5.41) is 0. The number of carbonyl (C=O) groups excluding carboxylic acids is 1. The molecule has 0 N–H and O–H groups in total. The van der Waals surface area contributed by atoms with E-state index in [-0.39, 0.29) is 11.5 Å². The van der Waals surface area contributed by atoms with Gasteiger partial charge in [0.15, 0.2) is 0 Å². The van der Waals surface area contributed by atoms with Crippen LogP contribution in [0.1, 0.15) is 61.9 Å². The second-order valence-corrected chi connectivity index (χ2v) is 8.48. The fraction of sp³-hybridized carbons (Fsp3) is 0.667. The van der Waals surface area contributed by atoms with Crippen LogP contribution in [0, 0.1) is 0 Å². The van der Waals surface area contributed by atoms with E-state index in [1.54, 1.807) is 0 Å². The van der Waals surface area contributed by atoms with Gasteiger partial charge in [-0.3, -0.25) is 4.79 Å². The molecule has 0 aliphatic carbocycles. The van der Waals surface area contributed by atoms with E-state index >= 15 is 0 Å². The minimum Gasteiger partial charge on any atom is -0.487 e. The van der Waals surface area contributed by atoms with E-state index in [2.05, 4.69) is 29.7 Å². The maximum absolute atomic E-state index is 13.0. The highest BCUT2D eigenvalue weighted by Crippen LogP contribution is 2.35. The van der Waals surface area contributed by atoms with Crippen LogP contribution in [0.5, 0.6) is 5.75 Å². The number of ether oxygens (including phenoxy) is 1. The number of hydrogen-bond donors (Lipinski definition) is 0. The van der Waals surface area contributed by atoms with Crippen molar-refractivity contribution < 1.29 is 9.53 Å². The van der Waals surface area contributed by atoms with Crippen LogP contribution in [0.3, 0.4) is 0 Å². The first-order valence-electron chi connectivity index (χ1n) is 9.87. The highest BCUT2D eigenvalue weighted by atomic mass is 16.5. The topological polar surface area (TPSA) is 32.8 Å². The Morgan fingerprint density at radius 3 is 2.68 bits per heavy atom. The number of benzene rings is 1. The predicted octanol–water partition coefficient (Wildman–Crippen LogP) is 3.49. The minimum absolute atomic E-state index is 0.157. The number of rotatable bonds is 2. The third-order valence-corrected chi connectivity index (χ3v) is 5.95. The minimum atomic E-state index is -0.157. The summed E-state index contributed by atoms with van der Waals surface area (Å²) >= 11 is 0. The lowest BCUT2D eigenvalue weighted by Gasteiger charge is -2.26. The standard InChI is InChI=1S/C21H30N2O2/c1-21(2)15-17-14-16(7-8-19(17)25-21)20(24)23-12-5-6-18(9-13-23)22-10-3-4-11-22/h7-8,14,18H,3-6,9-13,15H2,1-2H3. The molecule has 2 fully saturated rings. The molecule has 136 valence electrons. The molecule has 3 aliphatic rings. The number of amides is 1. The van der Waals surface area contributed by atoms with Crippen molar-refractivity contribution in [2.75, 3.05) is 26.2 Å². The summed E-state index contributed by atoms with van der Waals surface area (Å²) in [5.74, 6) is 1.13. The van der Waals surface area contributed by atoms with Gasteiger partial charge >= 0.3 is 0 Å². The quantitative estimate of drug-likeness (QED) is 0.825. The average molecular weight is 342 g/mol. The van der Waals surface area contributed by atoms with Gasteiger partial charge in [0.25, 0.3) is 5.91 Å². The van der Waals surface area contributed by atoms with Crippen LogP contribution in [0.4, 0.5) is 0 Å². The number of carbonyl (C=O) groups is 1. The summed E-state index contributed by atoms with van der Waals surface area (Å²) < 4.78 is 5.94. The van der Waals surface area contributed by atoms with Gasteiger partial charge in [-0.25, -0.2) is 0 Å². The van der Waals surface area contributed by atoms with Gasteiger partial charge in [0.1, 0.15) is 11.4 Å². The number of likely N-dealkylation sites (tertiary alicyclic amines) is 2. The van der Waals surface area contributed by atoms with E-state index in [1.807, 2.05) is 12.1 Å². The van der Waals surface area contributed by atoms with Crippen molar-refractivity contribution in [2.24, 2.45) is 0 Å². The summed E-state index contributed by atoms with van der Waals surface area (Å²) in [6.07, 6.45) is 7.02. The Kier molecular flexibility index (Phi) is 4.48. The van der Waals surface area contributed by atoms with Crippen molar-refractivity contribution in [3.05, 3.63) is 29.3 Å². The first-order valence-corrected chi connectivity index (χ1v) is 9.87. The molecule has 4 nitrogen and oxygen atoms in total. The summed E-state index contributed by atoms with van der Waals surface area (Å²) in [6.45, 7) is 8.48.